The lowest BCUT2D eigenvalue weighted by atomic mass is 9.86. The van der Waals surface area contributed by atoms with Crippen molar-refractivity contribution in [2.24, 2.45) is 5.92 Å². The lowest BCUT2D eigenvalue weighted by Gasteiger charge is -2.36. The Labute approximate surface area is 169 Å². The standard InChI is InChI=1S/C21H33N3O3S/c1-21(2,3)28(26,27)19-10-9-18(16-22-19)23-11-13-24(14-12-23)20(25)15-17-7-5-4-6-8-17/h9-10,16-17H,4-8,11-15H2,1-3H3. The van der Waals surface area contributed by atoms with E-state index in [9.17, 15) is 13.2 Å². The molecule has 1 aromatic heterocycles. The summed E-state index contributed by atoms with van der Waals surface area (Å²) in [5, 5.41) is 0.116. The maximum Gasteiger partial charge on any atom is 0.222 e. The molecule has 0 aromatic carbocycles. The molecule has 1 saturated heterocycles. The van der Waals surface area contributed by atoms with Crippen molar-refractivity contribution in [2.75, 3.05) is 31.1 Å². The van der Waals surface area contributed by atoms with E-state index in [1.54, 1.807) is 33.0 Å². The minimum absolute atomic E-state index is 0.116. The van der Waals surface area contributed by atoms with Gasteiger partial charge in [-0.1, -0.05) is 19.3 Å². The van der Waals surface area contributed by atoms with E-state index in [-0.39, 0.29) is 10.9 Å². The molecule has 3 rings (SSSR count). The Morgan fingerprint density at radius 2 is 1.71 bits per heavy atom. The molecule has 1 aliphatic carbocycles. The zero-order valence-corrected chi connectivity index (χ0v) is 18.2. The molecular weight excluding hydrogens is 374 g/mol. The molecule has 2 heterocycles. The maximum atomic E-state index is 12.6. The quantitative estimate of drug-likeness (QED) is 0.766. The molecule has 1 aliphatic heterocycles. The molecule has 156 valence electrons. The van der Waals surface area contributed by atoms with Crippen molar-refractivity contribution in [3.05, 3.63) is 18.3 Å². The summed E-state index contributed by atoms with van der Waals surface area (Å²) in [6.07, 6.45) is 8.56. The fourth-order valence-corrected chi connectivity index (χ4v) is 5.08. The van der Waals surface area contributed by atoms with Gasteiger partial charge in [0.05, 0.1) is 16.6 Å². The number of hydrogen-bond acceptors (Lipinski definition) is 5. The summed E-state index contributed by atoms with van der Waals surface area (Å²) in [5.41, 5.74) is 0.909. The highest BCUT2D eigenvalue weighted by Crippen LogP contribution is 2.28. The van der Waals surface area contributed by atoms with Gasteiger partial charge in [0, 0.05) is 32.6 Å². The van der Waals surface area contributed by atoms with E-state index < -0.39 is 14.6 Å². The number of hydrogen-bond donors (Lipinski definition) is 0. The average Bonchev–Trinajstić information content (AvgIpc) is 2.68. The van der Waals surface area contributed by atoms with Crippen LogP contribution in [0.4, 0.5) is 5.69 Å². The number of aromatic nitrogens is 1. The van der Waals surface area contributed by atoms with Crippen LogP contribution in [0.1, 0.15) is 59.3 Å². The molecule has 7 heteroatoms. The van der Waals surface area contributed by atoms with Gasteiger partial charge >= 0.3 is 0 Å². The van der Waals surface area contributed by atoms with E-state index in [1.807, 2.05) is 11.0 Å². The number of piperazine rings is 1. The number of sulfone groups is 1. The number of pyridine rings is 1. The van der Waals surface area contributed by atoms with Crippen molar-refractivity contribution in [1.82, 2.24) is 9.88 Å². The van der Waals surface area contributed by atoms with Crippen LogP contribution in [0.15, 0.2) is 23.4 Å². The molecule has 0 unspecified atom stereocenters. The molecule has 2 aliphatic rings. The maximum absolute atomic E-state index is 12.6. The van der Waals surface area contributed by atoms with Crippen LogP contribution in [0.25, 0.3) is 0 Å². The van der Waals surface area contributed by atoms with Gasteiger partial charge in [0.25, 0.3) is 0 Å². The van der Waals surface area contributed by atoms with Gasteiger partial charge in [0.2, 0.25) is 5.91 Å². The zero-order chi connectivity index (χ0) is 20.4. The number of carbonyl (C=O) groups is 1. The Bertz CT molecular complexity index is 770. The molecule has 1 aromatic rings. The highest BCUT2D eigenvalue weighted by molar-refractivity contribution is 7.92. The summed E-state index contributed by atoms with van der Waals surface area (Å²) in [6, 6.07) is 3.42. The van der Waals surface area contributed by atoms with Crippen LogP contribution in [0.5, 0.6) is 0 Å². The smallest absolute Gasteiger partial charge is 0.222 e. The summed E-state index contributed by atoms with van der Waals surface area (Å²) in [4.78, 5) is 21.0. The second kappa shape index (κ2) is 8.39. The Morgan fingerprint density at radius 1 is 1.07 bits per heavy atom. The highest BCUT2D eigenvalue weighted by Gasteiger charge is 2.32. The third-order valence-corrected chi connectivity index (χ3v) is 8.39. The number of amides is 1. The molecule has 0 radical (unpaired) electrons. The molecule has 1 saturated carbocycles. The van der Waals surface area contributed by atoms with Gasteiger partial charge in [-0.2, -0.15) is 0 Å². The number of carbonyl (C=O) groups excluding carboxylic acids is 1. The number of nitrogens with zero attached hydrogens (tertiary/aromatic N) is 3. The predicted molar refractivity (Wildman–Crippen MR) is 111 cm³/mol. The van der Waals surface area contributed by atoms with Crippen LogP contribution >= 0.6 is 0 Å². The molecule has 0 N–H and O–H groups in total. The van der Waals surface area contributed by atoms with Gasteiger partial charge in [0.15, 0.2) is 14.9 Å². The van der Waals surface area contributed by atoms with Crippen LogP contribution < -0.4 is 4.90 Å². The first-order valence-electron chi connectivity index (χ1n) is 10.4. The second-order valence-corrected chi connectivity index (χ2v) is 11.7. The summed E-state index contributed by atoms with van der Waals surface area (Å²) in [6.45, 7) is 7.98. The fraction of sp³-hybridized carbons (Fsp3) is 0.714. The normalized spacial score (nSPS) is 19.7. The topological polar surface area (TPSA) is 70.6 Å². The third-order valence-electron chi connectivity index (χ3n) is 5.99. The van der Waals surface area contributed by atoms with Gasteiger partial charge in [-0.25, -0.2) is 13.4 Å². The first kappa shape index (κ1) is 21.1. The summed E-state index contributed by atoms with van der Waals surface area (Å²) in [5.74, 6) is 0.858. The lowest BCUT2D eigenvalue weighted by Crippen LogP contribution is -2.49. The van der Waals surface area contributed by atoms with E-state index in [2.05, 4.69) is 9.88 Å². The Hall–Kier alpha value is -1.63. The van der Waals surface area contributed by atoms with Crippen LogP contribution in [0.3, 0.4) is 0 Å². The first-order chi connectivity index (χ1) is 13.2. The Balaban J connectivity index is 1.55. The molecule has 2 fully saturated rings. The Morgan fingerprint density at radius 3 is 2.25 bits per heavy atom. The second-order valence-electron chi connectivity index (χ2n) is 9.05. The SMILES string of the molecule is CC(C)(C)S(=O)(=O)c1ccc(N2CCN(C(=O)CC3CCCCC3)CC2)cn1. The van der Waals surface area contributed by atoms with E-state index in [1.165, 1.54) is 32.1 Å². The van der Waals surface area contributed by atoms with Crippen LogP contribution in [0.2, 0.25) is 0 Å². The molecule has 28 heavy (non-hydrogen) atoms. The molecular formula is C21H33N3O3S. The molecule has 1 amide bonds. The minimum Gasteiger partial charge on any atom is -0.367 e. The molecule has 0 atom stereocenters. The summed E-state index contributed by atoms with van der Waals surface area (Å²) >= 11 is 0. The number of anilines is 1. The van der Waals surface area contributed by atoms with E-state index >= 15 is 0 Å². The van der Waals surface area contributed by atoms with Crippen LogP contribution in [0, 0.1) is 5.92 Å². The van der Waals surface area contributed by atoms with Crippen molar-refractivity contribution >= 4 is 21.4 Å². The number of rotatable bonds is 4. The molecule has 6 nitrogen and oxygen atoms in total. The largest absolute Gasteiger partial charge is 0.367 e. The minimum atomic E-state index is -3.44. The lowest BCUT2D eigenvalue weighted by molar-refractivity contribution is -0.132. The van der Waals surface area contributed by atoms with Crippen molar-refractivity contribution < 1.29 is 13.2 Å². The summed E-state index contributed by atoms with van der Waals surface area (Å²) in [7, 11) is -3.44. The monoisotopic (exact) mass is 407 g/mol. The van der Waals surface area contributed by atoms with Gasteiger partial charge in [-0.3, -0.25) is 4.79 Å². The van der Waals surface area contributed by atoms with Crippen molar-refractivity contribution in [2.45, 2.75) is 69.1 Å². The van der Waals surface area contributed by atoms with Crippen LogP contribution in [-0.2, 0) is 14.6 Å². The predicted octanol–water partition coefficient (Wildman–Crippen LogP) is 3.27. The van der Waals surface area contributed by atoms with Crippen LogP contribution in [-0.4, -0.2) is 55.1 Å². The zero-order valence-electron chi connectivity index (χ0n) is 17.4. The van der Waals surface area contributed by atoms with E-state index in [4.69, 9.17) is 0 Å². The molecule has 0 spiro atoms. The van der Waals surface area contributed by atoms with Crippen molar-refractivity contribution in [3.63, 3.8) is 0 Å². The van der Waals surface area contributed by atoms with Gasteiger partial charge in [0.1, 0.15) is 0 Å². The average molecular weight is 408 g/mol. The van der Waals surface area contributed by atoms with Crippen molar-refractivity contribution in [1.29, 1.82) is 0 Å². The van der Waals surface area contributed by atoms with Crippen molar-refractivity contribution in [3.8, 4) is 0 Å². The highest BCUT2D eigenvalue weighted by atomic mass is 32.2. The van der Waals surface area contributed by atoms with E-state index in [0.29, 0.717) is 25.4 Å². The van der Waals surface area contributed by atoms with Gasteiger partial charge in [-0.05, 0) is 51.7 Å². The summed E-state index contributed by atoms with van der Waals surface area (Å²) < 4.78 is 24.1. The van der Waals surface area contributed by atoms with Gasteiger partial charge in [-0.15, -0.1) is 0 Å². The first-order valence-corrected chi connectivity index (χ1v) is 11.9. The van der Waals surface area contributed by atoms with Gasteiger partial charge < -0.3 is 9.80 Å². The fourth-order valence-electron chi connectivity index (χ4n) is 4.01. The third kappa shape index (κ3) is 4.67. The molecule has 0 bridgehead atoms. The Kier molecular flexibility index (Phi) is 6.32. The van der Waals surface area contributed by atoms with E-state index in [0.717, 1.165) is 18.8 Å².